The molecular weight excluding hydrogens is 939 g/mol. The summed E-state index contributed by atoms with van der Waals surface area (Å²) in [5.74, 6) is -1.93. The Kier molecular flexibility index (Phi) is 13.4. The van der Waals surface area contributed by atoms with E-state index in [0.717, 1.165) is 110 Å². The third-order valence-corrected chi connectivity index (χ3v) is 16.7. The number of halogens is 3. The number of aromatic nitrogens is 3. The van der Waals surface area contributed by atoms with Crippen LogP contribution in [-0.4, -0.2) is 97.4 Å². The van der Waals surface area contributed by atoms with Crippen LogP contribution in [0.5, 0.6) is 5.75 Å². The zero-order valence-electron chi connectivity index (χ0n) is 38.9. The molecule has 4 saturated heterocycles. The van der Waals surface area contributed by atoms with Gasteiger partial charge in [-0.3, -0.25) is 19.9 Å². The lowest BCUT2D eigenvalue weighted by Gasteiger charge is -2.50. The predicted octanol–water partition coefficient (Wildman–Crippen LogP) is 9.55. The number of amides is 2. The van der Waals surface area contributed by atoms with Gasteiger partial charge in [0.2, 0.25) is 17.8 Å². The molecule has 4 fully saturated rings. The average molecular weight is 999 g/mol. The molecule has 354 valence electrons. The zero-order valence-corrected chi connectivity index (χ0v) is 41.3. The van der Waals surface area contributed by atoms with Gasteiger partial charge < -0.3 is 34.6 Å². The number of nitrogens with one attached hydrogen (secondary N) is 3. The van der Waals surface area contributed by atoms with E-state index in [0.29, 0.717) is 57.9 Å². The van der Waals surface area contributed by atoms with Gasteiger partial charge in [-0.1, -0.05) is 13.0 Å². The molecular formula is C50H59BrF2N9O4P. The SMILES string of the molecule is CCc1ccc2c(P(C)(C)=O)c(Nc3nc(Nc4cc(C)c(N5CCC6(CC5)CCN(C5CCN(c7cc(F)c([C@H]8CCC(=O)NC8=O)c(F)c7)CC5)CC6)cc4OC)ncc3Br)ccc2n1. The number of nitrogens with zero attached hydrogens (tertiary/aromatic N) is 6. The first-order valence-corrected chi connectivity index (χ1v) is 26.8. The van der Waals surface area contributed by atoms with Crippen molar-refractivity contribution in [2.45, 2.75) is 83.6 Å². The number of benzene rings is 3. The molecule has 1 atom stereocenters. The van der Waals surface area contributed by atoms with E-state index in [1.807, 2.05) is 29.2 Å². The van der Waals surface area contributed by atoms with Crippen molar-refractivity contribution in [2.75, 3.05) is 80.1 Å². The first kappa shape index (κ1) is 46.9. The summed E-state index contributed by atoms with van der Waals surface area (Å²) in [5.41, 5.74) is 6.08. The largest absolute Gasteiger partial charge is 0.494 e. The van der Waals surface area contributed by atoms with Gasteiger partial charge in [0.05, 0.1) is 34.4 Å². The van der Waals surface area contributed by atoms with E-state index in [9.17, 15) is 14.2 Å². The molecule has 0 saturated carbocycles. The fraction of sp³-hybridized carbons (Fsp3) is 0.460. The van der Waals surface area contributed by atoms with Gasteiger partial charge in [0.1, 0.15) is 30.3 Å². The highest BCUT2D eigenvalue weighted by molar-refractivity contribution is 9.10. The number of methoxy groups -OCH3 is 1. The summed E-state index contributed by atoms with van der Waals surface area (Å²) in [4.78, 5) is 45.3. The summed E-state index contributed by atoms with van der Waals surface area (Å²) in [6.07, 6.45) is 9.07. The Morgan fingerprint density at radius 1 is 0.881 bits per heavy atom. The summed E-state index contributed by atoms with van der Waals surface area (Å²) < 4.78 is 50.9. The maximum absolute atomic E-state index is 15.3. The lowest BCUT2D eigenvalue weighted by Crippen LogP contribution is -2.52. The second-order valence-corrected chi connectivity index (χ2v) is 23.1. The molecule has 0 aliphatic carbocycles. The standard InChI is InChI=1S/C50H59BrF2N9O4P/c1-6-31-7-8-34-39(55-31)10-11-40(46(34)67(4,5)65)56-47-36(51)29-54-49(59-47)57-41-25-30(2)42(28-43(41)66-3)62-23-17-50(18-24-62)15-21-61(22-16-50)32-13-19-60(20-14-32)33-26-37(52)45(38(53)27-33)35-9-12-44(63)58-48(35)64/h7-8,10-11,25-29,32,35H,6,9,12-24H2,1-5H3,(H,58,63,64)(H2,54,56,57,59)/t35-/m1/s1. The van der Waals surface area contributed by atoms with Crippen LogP contribution in [0.4, 0.5) is 43.3 Å². The van der Waals surface area contributed by atoms with Crippen molar-refractivity contribution in [1.29, 1.82) is 0 Å². The number of carbonyl (C=O) groups excluding carboxylic acids is 2. The number of aryl methyl sites for hydroxylation is 2. The Balaban J connectivity index is 0.799. The third kappa shape index (κ3) is 9.76. The highest BCUT2D eigenvalue weighted by atomic mass is 79.9. The van der Waals surface area contributed by atoms with Crippen LogP contribution in [0, 0.1) is 24.0 Å². The van der Waals surface area contributed by atoms with Crippen molar-refractivity contribution in [3.63, 3.8) is 0 Å². The maximum atomic E-state index is 15.3. The van der Waals surface area contributed by atoms with Gasteiger partial charge in [-0.2, -0.15) is 4.98 Å². The lowest BCUT2D eigenvalue weighted by molar-refractivity contribution is -0.134. The highest BCUT2D eigenvalue weighted by Gasteiger charge is 2.40. The van der Waals surface area contributed by atoms with E-state index in [1.54, 1.807) is 26.6 Å². The van der Waals surface area contributed by atoms with Crippen molar-refractivity contribution in [2.24, 2.45) is 5.41 Å². The normalized spacial score (nSPS) is 19.5. The van der Waals surface area contributed by atoms with Gasteiger partial charge in [0, 0.05) is 84.2 Å². The topological polar surface area (TPSA) is 145 Å². The van der Waals surface area contributed by atoms with E-state index in [2.05, 4.69) is 72.6 Å². The van der Waals surface area contributed by atoms with Crippen LogP contribution >= 0.6 is 23.1 Å². The minimum absolute atomic E-state index is 0.0655. The second-order valence-electron chi connectivity index (χ2n) is 19.1. The van der Waals surface area contributed by atoms with Gasteiger partial charge in [0.15, 0.2) is 0 Å². The van der Waals surface area contributed by atoms with Crippen molar-refractivity contribution in [1.82, 2.24) is 25.2 Å². The smallest absolute Gasteiger partial charge is 0.234 e. The molecule has 67 heavy (non-hydrogen) atoms. The second kappa shape index (κ2) is 19.1. The number of pyridine rings is 1. The molecule has 1 spiro atoms. The van der Waals surface area contributed by atoms with Gasteiger partial charge in [0.25, 0.3) is 0 Å². The molecule has 6 heterocycles. The van der Waals surface area contributed by atoms with Crippen LogP contribution < -0.4 is 35.8 Å². The van der Waals surface area contributed by atoms with Crippen LogP contribution in [0.15, 0.2) is 59.2 Å². The monoisotopic (exact) mass is 997 g/mol. The van der Waals surface area contributed by atoms with Crippen LogP contribution in [0.25, 0.3) is 10.9 Å². The maximum Gasteiger partial charge on any atom is 0.234 e. The molecule has 3 aromatic carbocycles. The van der Waals surface area contributed by atoms with Crippen molar-refractivity contribution in [3.8, 4) is 5.75 Å². The fourth-order valence-corrected chi connectivity index (χ4v) is 12.6. The number of fused-ring (bicyclic) bond motifs is 1. The molecule has 4 aliphatic rings. The minimum atomic E-state index is -2.74. The Hall–Kier alpha value is -5.18. The van der Waals surface area contributed by atoms with Gasteiger partial charge in [-0.05, 0) is 148 Å². The summed E-state index contributed by atoms with van der Waals surface area (Å²) in [6.45, 7) is 13.2. The highest BCUT2D eigenvalue weighted by Crippen LogP contribution is 2.46. The number of imide groups is 1. The van der Waals surface area contributed by atoms with Crippen molar-refractivity contribution >= 4 is 85.6 Å². The van der Waals surface area contributed by atoms with Crippen LogP contribution in [0.2, 0.25) is 0 Å². The Labute approximate surface area is 399 Å². The minimum Gasteiger partial charge on any atom is -0.494 e. The van der Waals surface area contributed by atoms with Crippen molar-refractivity contribution < 1.29 is 27.7 Å². The quantitative estimate of drug-likeness (QED) is 0.0857. The van der Waals surface area contributed by atoms with Crippen LogP contribution in [0.3, 0.4) is 0 Å². The van der Waals surface area contributed by atoms with E-state index >= 15 is 8.78 Å². The van der Waals surface area contributed by atoms with Crippen molar-refractivity contribution in [3.05, 3.63) is 87.7 Å². The first-order valence-electron chi connectivity index (χ1n) is 23.4. The third-order valence-electron chi connectivity index (χ3n) is 14.6. The Morgan fingerprint density at radius 3 is 2.24 bits per heavy atom. The first-order chi connectivity index (χ1) is 32.1. The molecule has 4 aliphatic heterocycles. The van der Waals surface area contributed by atoms with E-state index in [4.69, 9.17) is 14.7 Å². The summed E-state index contributed by atoms with van der Waals surface area (Å²) in [5, 5.41) is 10.6. The molecule has 9 rings (SSSR count). The zero-order chi connectivity index (χ0) is 47.2. The molecule has 0 bridgehead atoms. The summed E-state index contributed by atoms with van der Waals surface area (Å²) in [7, 11) is -1.07. The number of hydrogen-bond acceptors (Lipinski definition) is 12. The summed E-state index contributed by atoms with van der Waals surface area (Å²) in [6, 6.07) is 15.2. The average Bonchev–Trinajstić information content (AvgIpc) is 3.30. The summed E-state index contributed by atoms with van der Waals surface area (Å²) >= 11 is 3.62. The molecule has 2 aromatic heterocycles. The van der Waals surface area contributed by atoms with Gasteiger partial charge >= 0.3 is 0 Å². The molecule has 0 unspecified atom stereocenters. The molecule has 13 nitrogen and oxygen atoms in total. The van der Waals surface area contributed by atoms with Gasteiger partial charge in [-0.15, -0.1) is 0 Å². The fourth-order valence-electron chi connectivity index (χ4n) is 10.8. The van der Waals surface area contributed by atoms with E-state index in [-0.39, 0.29) is 18.4 Å². The number of ether oxygens (including phenoxy) is 1. The predicted molar refractivity (Wildman–Crippen MR) is 266 cm³/mol. The Bertz CT molecular complexity index is 2740. The van der Waals surface area contributed by atoms with E-state index < -0.39 is 36.5 Å². The lowest BCUT2D eigenvalue weighted by atomic mass is 9.70. The number of piperidine rings is 4. The van der Waals surface area contributed by atoms with Gasteiger partial charge in [-0.25, -0.2) is 13.8 Å². The molecule has 2 amide bonds. The number of anilines is 6. The molecule has 3 N–H and O–H groups in total. The van der Waals surface area contributed by atoms with E-state index in [1.165, 1.54) is 12.1 Å². The molecule has 0 radical (unpaired) electrons. The van der Waals surface area contributed by atoms with Crippen LogP contribution in [-0.2, 0) is 20.6 Å². The molecule has 5 aromatic rings. The van der Waals surface area contributed by atoms with Crippen LogP contribution in [0.1, 0.15) is 81.0 Å². The Morgan fingerprint density at radius 2 is 1.58 bits per heavy atom. The number of rotatable bonds is 11. The number of likely N-dealkylation sites (tertiary alicyclic amines) is 1. The number of hydrogen-bond donors (Lipinski definition) is 3. The number of carbonyl (C=O) groups is 2. The molecule has 17 heteroatoms.